The summed E-state index contributed by atoms with van der Waals surface area (Å²) in [5.74, 6) is 0.569. The Bertz CT molecular complexity index is 753. The normalized spacial score (nSPS) is 10.8. The van der Waals surface area contributed by atoms with Crippen LogP contribution in [0.3, 0.4) is 0 Å². The Hall–Kier alpha value is -2.90. The summed E-state index contributed by atoms with van der Waals surface area (Å²) >= 11 is 0. The highest BCUT2D eigenvalue weighted by molar-refractivity contribution is 5.96. The number of nitro groups is 1. The molecule has 0 saturated heterocycles. The minimum absolute atomic E-state index is 0.195. The van der Waals surface area contributed by atoms with Crippen LogP contribution in [0.25, 0.3) is 0 Å². The third-order valence-corrected chi connectivity index (χ3v) is 3.91. The van der Waals surface area contributed by atoms with Gasteiger partial charge in [-0.05, 0) is 30.0 Å². The second kappa shape index (κ2) is 8.98. The van der Waals surface area contributed by atoms with Crippen molar-refractivity contribution < 1.29 is 14.5 Å². The van der Waals surface area contributed by atoms with Gasteiger partial charge in [-0.1, -0.05) is 39.3 Å². The van der Waals surface area contributed by atoms with Gasteiger partial charge >= 0.3 is 5.69 Å². The van der Waals surface area contributed by atoms with Crippen LogP contribution in [0.5, 0.6) is 5.75 Å². The fourth-order valence-electron chi connectivity index (χ4n) is 2.52. The van der Waals surface area contributed by atoms with Crippen molar-refractivity contribution in [3.05, 3.63) is 51.3 Å². The van der Waals surface area contributed by atoms with E-state index in [0.717, 1.165) is 0 Å². The highest BCUT2D eigenvalue weighted by Crippen LogP contribution is 2.22. The maximum Gasteiger partial charge on any atom is 0.322 e. The number of benzene rings is 1. The Kier molecular flexibility index (Phi) is 6.71. The molecule has 0 radical (unpaired) electrons. The molecule has 26 heavy (non-hydrogen) atoms. The van der Waals surface area contributed by atoms with Gasteiger partial charge < -0.3 is 10.1 Å². The maximum absolute atomic E-state index is 12.2. The smallest absolute Gasteiger partial charge is 0.322 e. The monoisotopic (exact) mass is 360 g/mol. The van der Waals surface area contributed by atoms with E-state index in [-0.39, 0.29) is 24.5 Å². The zero-order valence-electron chi connectivity index (χ0n) is 15.2. The number of carbonyl (C=O) groups is 1. The van der Waals surface area contributed by atoms with E-state index in [1.807, 2.05) is 31.2 Å². The van der Waals surface area contributed by atoms with Crippen molar-refractivity contribution in [3.63, 3.8) is 0 Å². The fourth-order valence-corrected chi connectivity index (χ4v) is 2.52. The number of carbonyl (C=O) groups excluding carboxylic acids is 1. The van der Waals surface area contributed by atoms with E-state index in [4.69, 9.17) is 4.74 Å². The molecule has 1 amide bonds. The Morgan fingerprint density at radius 2 is 2.04 bits per heavy atom. The molecule has 0 atom stereocenters. The topological polar surface area (TPSA) is 110 Å². The zero-order chi connectivity index (χ0) is 19.1. The molecular weight excluding hydrogens is 336 g/mol. The fraction of sp³-hybridized carbons (Fsp3) is 0.444. The molecule has 0 unspecified atom stereocenters. The molecule has 8 heteroatoms. The lowest BCUT2D eigenvalue weighted by Crippen LogP contribution is -2.29. The predicted octanol–water partition coefficient (Wildman–Crippen LogP) is 3.20. The first-order valence-corrected chi connectivity index (χ1v) is 8.66. The minimum Gasteiger partial charge on any atom is -0.492 e. The molecule has 0 aliphatic heterocycles. The van der Waals surface area contributed by atoms with Gasteiger partial charge in [-0.2, -0.15) is 5.10 Å². The highest BCUT2D eigenvalue weighted by Gasteiger charge is 2.28. The summed E-state index contributed by atoms with van der Waals surface area (Å²) in [6.45, 7) is 6.61. The highest BCUT2D eigenvalue weighted by atomic mass is 16.6. The van der Waals surface area contributed by atoms with E-state index in [1.165, 1.54) is 5.56 Å². The number of H-pyrrole nitrogens is 1. The Balaban J connectivity index is 1.88. The average molecular weight is 360 g/mol. The largest absolute Gasteiger partial charge is 0.492 e. The second-order valence-corrected chi connectivity index (χ2v) is 6.23. The molecule has 0 saturated carbocycles. The van der Waals surface area contributed by atoms with E-state index in [9.17, 15) is 14.9 Å². The van der Waals surface area contributed by atoms with E-state index >= 15 is 0 Å². The van der Waals surface area contributed by atoms with Gasteiger partial charge in [0.1, 0.15) is 18.1 Å². The van der Waals surface area contributed by atoms with E-state index in [1.54, 1.807) is 0 Å². The first-order chi connectivity index (χ1) is 12.4. The van der Waals surface area contributed by atoms with E-state index in [0.29, 0.717) is 30.2 Å². The van der Waals surface area contributed by atoms with Gasteiger partial charge in [-0.3, -0.25) is 20.0 Å². The number of aromatic amines is 1. The van der Waals surface area contributed by atoms with Crippen molar-refractivity contribution in [3.8, 4) is 5.75 Å². The summed E-state index contributed by atoms with van der Waals surface area (Å²) in [5, 5.41) is 20.2. The van der Waals surface area contributed by atoms with Crippen LogP contribution in [0.4, 0.5) is 5.69 Å². The second-order valence-electron chi connectivity index (χ2n) is 6.23. The van der Waals surface area contributed by atoms with Crippen LogP contribution >= 0.6 is 0 Å². The molecule has 2 rings (SSSR count). The van der Waals surface area contributed by atoms with Crippen LogP contribution in [-0.4, -0.2) is 34.2 Å². The van der Waals surface area contributed by atoms with Gasteiger partial charge in [-0.15, -0.1) is 0 Å². The van der Waals surface area contributed by atoms with Gasteiger partial charge in [-0.25, -0.2) is 0 Å². The third kappa shape index (κ3) is 4.81. The number of hydrogen-bond acceptors (Lipinski definition) is 5. The number of aromatic nitrogens is 2. The number of ether oxygens (including phenoxy) is 1. The molecule has 1 aromatic carbocycles. The summed E-state index contributed by atoms with van der Waals surface area (Å²) in [7, 11) is 0. The molecule has 0 fully saturated rings. The number of rotatable bonds is 9. The number of nitrogens with one attached hydrogen (secondary N) is 2. The number of nitrogens with zero attached hydrogens (tertiary/aromatic N) is 2. The molecule has 2 N–H and O–H groups in total. The maximum atomic E-state index is 12.2. The van der Waals surface area contributed by atoms with Gasteiger partial charge in [0.2, 0.25) is 5.69 Å². The summed E-state index contributed by atoms with van der Waals surface area (Å²) < 4.78 is 5.57. The summed E-state index contributed by atoms with van der Waals surface area (Å²) in [6, 6.07) is 7.77. The molecular formula is C18H24N4O4. The van der Waals surface area contributed by atoms with Crippen molar-refractivity contribution >= 4 is 11.6 Å². The van der Waals surface area contributed by atoms with Crippen molar-refractivity contribution in [2.45, 2.75) is 39.5 Å². The Morgan fingerprint density at radius 1 is 1.35 bits per heavy atom. The lowest BCUT2D eigenvalue weighted by Gasteiger charge is -2.09. The SMILES string of the molecule is CCCc1[nH]nc(C(=O)NCCOc2ccc(C(C)C)cc2)c1[N+](=O)[O-]. The van der Waals surface area contributed by atoms with Crippen LogP contribution in [0.1, 0.15) is 54.9 Å². The number of aryl methyl sites for hydroxylation is 1. The molecule has 0 spiro atoms. The van der Waals surface area contributed by atoms with Crippen LogP contribution in [0, 0.1) is 10.1 Å². The summed E-state index contributed by atoms with van der Waals surface area (Å²) in [4.78, 5) is 22.8. The lowest BCUT2D eigenvalue weighted by atomic mass is 10.0. The van der Waals surface area contributed by atoms with E-state index < -0.39 is 10.8 Å². The lowest BCUT2D eigenvalue weighted by molar-refractivity contribution is -0.385. The van der Waals surface area contributed by atoms with Gasteiger partial charge in [0.25, 0.3) is 5.91 Å². The molecule has 2 aromatic rings. The van der Waals surface area contributed by atoms with Crippen LogP contribution in [0.15, 0.2) is 24.3 Å². The quantitative estimate of drug-likeness (QED) is 0.405. The number of hydrogen-bond donors (Lipinski definition) is 2. The molecule has 1 heterocycles. The first kappa shape index (κ1) is 19.4. The zero-order valence-corrected chi connectivity index (χ0v) is 15.2. The molecule has 0 aliphatic carbocycles. The number of amides is 1. The van der Waals surface area contributed by atoms with Gasteiger partial charge in [0, 0.05) is 0 Å². The van der Waals surface area contributed by atoms with Crippen molar-refractivity contribution in [2.75, 3.05) is 13.2 Å². The Morgan fingerprint density at radius 3 is 2.62 bits per heavy atom. The first-order valence-electron chi connectivity index (χ1n) is 8.66. The van der Waals surface area contributed by atoms with Crippen molar-refractivity contribution in [1.29, 1.82) is 0 Å². The van der Waals surface area contributed by atoms with Crippen molar-refractivity contribution in [2.24, 2.45) is 0 Å². The van der Waals surface area contributed by atoms with Crippen LogP contribution in [-0.2, 0) is 6.42 Å². The molecule has 8 nitrogen and oxygen atoms in total. The summed E-state index contributed by atoms with van der Waals surface area (Å²) in [5.41, 5.74) is 1.14. The standard InChI is InChI=1S/C18H24N4O4/c1-4-5-15-17(22(24)25)16(21-20-15)18(23)19-10-11-26-14-8-6-13(7-9-14)12(2)3/h6-9,12H,4-5,10-11H2,1-3H3,(H,19,23)(H,20,21). The summed E-state index contributed by atoms with van der Waals surface area (Å²) in [6.07, 6.45) is 1.18. The van der Waals surface area contributed by atoms with Crippen molar-refractivity contribution in [1.82, 2.24) is 15.5 Å². The minimum atomic E-state index is -0.589. The average Bonchev–Trinajstić information content (AvgIpc) is 3.03. The van der Waals surface area contributed by atoms with Crippen LogP contribution in [0.2, 0.25) is 0 Å². The Labute approximate surface area is 152 Å². The van der Waals surface area contributed by atoms with E-state index in [2.05, 4.69) is 29.4 Å². The molecule has 140 valence electrons. The van der Waals surface area contributed by atoms with Gasteiger partial charge in [0.15, 0.2) is 0 Å². The molecule has 1 aromatic heterocycles. The predicted molar refractivity (Wildman–Crippen MR) is 97.6 cm³/mol. The van der Waals surface area contributed by atoms with Gasteiger partial charge in [0.05, 0.1) is 11.5 Å². The van der Waals surface area contributed by atoms with Crippen LogP contribution < -0.4 is 10.1 Å². The third-order valence-electron chi connectivity index (χ3n) is 3.91. The molecule has 0 bridgehead atoms. The molecule has 0 aliphatic rings.